The van der Waals surface area contributed by atoms with Crippen molar-refractivity contribution < 1.29 is 4.74 Å². The van der Waals surface area contributed by atoms with E-state index in [1.54, 1.807) is 11.3 Å². The minimum Gasteiger partial charge on any atom is -0.369 e. The van der Waals surface area contributed by atoms with Crippen LogP contribution in [0.1, 0.15) is 16.7 Å². The molecule has 0 saturated carbocycles. The Morgan fingerprint density at radius 2 is 2.50 bits per heavy atom. The number of thiophene rings is 1. The molecule has 1 fully saturated rings. The number of imidazole rings is 1. The SMILES string of the molecule is Brc1ccc(Cn2cncc2C2CNCCO2)s1. The highest BCUT2D eigenvalue weighted by atomic mass is 79.9. The number of hydrogen-bond donors (Lipinski definition) is 1. The number of aromatic nitrogens is 2. The second kappa shape index (κ2) is 5.52. The van der Waals surface area contributed by atoms with Gasteiger partial charge in [-0.2, -0.15) is 0 Å². The molecule has 6 heteroatoms. The fourth-order valence-corrected chi connectivity index (χ4v) is 3.57. The molecule has 0 amide bonds. The molecule has 0 radical (unpaired) electrons. The van der Waals surface area contributed by atoms with E-state index < -0.39 is 0 Å². The summed E-state index contributed by atoms with van der Waals surface area (Å²) in [5, 5.41) is 3.35. The summed E-state index contributed by atoms with van der Waals surface area (Å²) >= 11 is 5.24. The van der Waals surface area contributed by atoms with Gasteiger partial charge in [-0.25, -0.2) is 4.98 Å². The molecule has 1 saturated heterocycles. The van der Waals surface area contributed by atoms with Crippen molar-refractivity contribution in [3.63, 3.8) is 0 Å². The lowest BCUT2D eigenvalue weighted by atomic mass is 10.2. The van der Waals surface area contributed by atoms with Crippen LogP contribution in [0.15, 0.2) is 28.4 Å². The van der Waals surface area contributed by atoms with Gasteiger partial charge < -0.3 is 14.6 Å². The van der Waals surface area contributed by atoms with Gasteiger partial charge in [0.2, 0.25) is 0 Å². The van der Waals surface area contributed by atoms with E-state index in [2.05, 4.69) is 42.9 Å². The maximum atomic E-state index is 5.78. The minimum atomic E-state index is 0.115. The lowest BCUT2D eigenvalue weighted by Crippen LogP contribution is -2.34. The number of halogens is 1. The standard InChI is InChI=1S/C12H14BrN3OS/c13-12-2-1-9(18-12)7-16-8-15-5-10(16)11-6-14-3-4-17-11/h1-2,5,8,11,14H,3-4,6-7H2. The van der Waals surface area contributed by atoms with Crippen LogP contribution in [0.5, 0.6) is 0 Å². The first kappa shape index (κ1) is 12.3. The molecular weight excluding hydrogens is 314 g/mol. The first-order valence-corrected chi connectivity index (χ1v) is 7.50. The molecule has 4 nitrogen and oxygen atoms in total. The van der Waals surface area contributed by atoms with Crippen molar-refractivity contribution in [3.05, 3.63) is 39.0 Å². The number of rotatable bonds is 3. The maximum Gasteiger partial charge on any atom is 0.111 e. The zero-order valence-corrected chi connectivity index (χ0v) is 12.2. The van der Waals surface area contributed by atoms with Crippen molar-refractivity contribution in [2.75, 3.05) is 19.7 Å². The summed E-state index contributed by atoms with van der Waals surface area (Å²) in [6, 6.07) is 4.22. The van der Waals surface area contributed by atoms with Gasteiger partial charge in [0.15, 0.2) is 0 Å². The predicted octanol–water partition coefficient (Wildman–Crippen LogP) is 2.42. The van der Waals surface area contributed by atoms with E-state index in [0.29, 0.717) is 0 Å². The van der Waals surface area contributed by atoms with Crippen molar-refractivity contribution >= 4 is 27.3 Å². The third-order valence-corrected chi connectivity index (χ3v) is 4.57. The topological polar surface area (TPSA) is 39.1 Å². The van der Waals surface area contributed by atoms with E-state index in [-0.39, 0.29) is 6.10 Å². The van der Waals surface area contributed by atoms with Crippen LogP contribution in [0.3, 0.4) is 0 Å². The van der Waals surface area contributed by atoms with Gasteiger partial charge >= 0.3 is 0 Å². The monoisotopic (exact) mass is 327 g/mol. The Balaban J connectivity index is 1.78. The lowest BCUT2D eigenvalue weighted by molar-refractivity contribution is 0.0230. The van der Waals surface area contributed by atoms with Crippen LogP contribution in [0.25, 0.3) is 0 Å². The van der Waals surface area contributed by atoms with Gasteiger partial charge in [-0.05, 0) is 28.1 Å². The van der Waals surface area contributed by atoms with Gasteiger partial charge in [0.05, 0.1) is 35.2 Å². The molecule has 1 aliphatic rings. The van der Waals surface area contributed by atoms with Crippen LogP contribution < -0.4 is 5.32 Å². The van der Waals surface area contributed by atoms with E-state index in [9.17, 15) is 0 Å². The number of hydrogen-bond acceptors (Lipinski definition) is 4. The van der Waals surface area contributed by atoms with E-state index in [0.717, 1.165) is 35.7 Å². The van der Waals surface area contributed by atoms with Crippen LogP contribution >= 0.6 is 27.3 Å². The molecule has 3 rings (SSSR count). The van der Waals surface area contributed by atoms with Crippen LogP contribution in [-0.2, 0) is 11.3 Å². The van der Waals surface area contributed by atoms with E-state index in [1.807, 2.05) is 12.5 Å². The van der Waals surface area contributed by atoms with Gasteiger partial charge in [0, 0.05) is 18.0 Å². The van der Waals surface area contributed by atoms with Crippen molar-refractivity contribution in [1.82, 2.24) is 14.9 Å². The molecule has 0 aromatic carbocycles. The Morgan fingerprint density at radius 3 is 3.22 bits per heavy atom. The molecule has 2 aromatic rings. The van der Waals surface area contributed by atoms with Crippen molar-refractivity contribution in [3.8, 4) is 0 Å². The molecular formula is C12H14BrN3OS. The van der Waals surface area contributed by atoms with Crippen LogP contribution in [0.4, 0.5) is 0 Å². The van der Waals surface area contributed by atoms with Crippen molar-refractivity contribution in [1.29, 1.82) is 0 Å². The van der Waals surface area contributed by atoms with E-state index >= 15 is 0 Å². The molecule has 1 N–H and O–H groups in total. The highest BCUT2D eigenvalue weighted by Crippen LogP contribution is 2.25. The Bertz CT molecular complexity index is 519. The Labute approximate surface area is 118 Å². The summed E-state index contributed by atoms with van der Waals surface area (Å²) in [4.78, 5) is 5.56. The first-order chi connectivity index (χ1) is 8.83. The molecule has 0 bridgehead atoms. The molecule has 1 unspecified atom stereocenters. The number of nitrogens with one attached hydrogen (secondary N) is 1. The lowest BCUT2D eigenvalue weighted by Gasteiger charge is -2.24. The van der Waals surface area contributed by atoms with Crippen LogP contribution in [0, 0.1) is 0 Å². The first-order valence-electron chi connectivity index (χ1n) is 5.89. The molecule has 2 aromatic heterocycles. The largest absolute Gasteiger partial charge is 0.369 e. The third-order valence-electron chi connectivity index (χ3n) is 2.96. The highest BCUT2D eigenvalue weighted by Gasteiger charge is 2.19. The second-order valence-electron chi connectivity index (χ2n) is 4.22. The molecule has 18 heavy (non-hydrogen) atoms. The van der Waals surface area contributed by atoms with Gasteiger partial charge in [-0.1, -0.05) is 0 Å². The zero-order chi connectivity index (χ0) is 12.4. The number of nitrogens with zero attached hydrogens (tertiary/aromatic N) is 2. The summed E-state index contributed by atoms with van der Waals surface area (Å²) in [5.41, 5.74) is 1.15. The van der Waals surface area contributed by atoms with E-state index in [4.69, 9.17) is 4.74 Å². The highest BCUT2D eigenvalue weighted by molar-refractivity contribution is 9.11. The maximum absolute atomic E-state index is 5.78. The average molecular weight is 328 g/mol. The van der Waals surface area contributed by atoms with E-state index in [1.165, 1.54) is 4.88 Å². The predicted molar refractivity (Wildman–Crippen MR) is 74.9 cm³/mol. The summed E-state index contributed by atoms with van der Waals surface area (Å²) in [6.07, 6.45) is 3.89. The molecule has 1 aliphatic heterocycles. The Morgan fingerprint density at radius 1 is 1.56 bits per heavy atom. The zero-order valence-electron chi connectivity index (χ0n) is 9.80. The Hall–Kier alpha value is -0.690. The molecule has 0 spiro atoms. The molecule has 3 heterocycles. The smallest absolute Gasteiger partial charge is 0.111 e. The van der Waals surface area contributed by atoms with Crippen LogP contribution in [0.2, 0.25) is 0 Å². The number of morpholine rings is 1. The minimum absolute atomic E-state index is 0.115. The quantitative estimate of drug-likeness (QED) is 0.941. The molecule has 0 aliphatic carbocycles. The van der Waals surface area contributed by atoms with Crippen LogP contribution in [-0.4, -0.2) is 29.2 Å². The molecule has 96 valence electrons. The van der Waals surface area contributed by atoms with Crippen molar-refractivity contribution in [2.24, 2.45) is 0 Å². The summed E-state index contributed by atoms with van der Waals surface area (Å²) in [7, 11) is 0. The van der Waals surface area contributed by atoms with Gasteiger partial charge in [0.25, 0.3) is 0 Å². The second-order valence-corrected chi connectivity index (χ2v) is 6.76. The Kier molecular flexibility index (Phi) is 3.79. The van der Waals surface area contributed by atoms with Gasteiger partial charge in [0.1, 0.15) is 6.10 Å². The summed E-state index contributed by atoms with van der Waals surface area (Å²) in [5.74, 6) is 0. The third kappa shape index (κ3) is 2.66. The molecule has 1 atom stereocenters. The average Bonchev–Trinajstić information content (AvgIpc) is 3.00. The summed E-state index contributed by atoms with van der Waals surface area (Å²) in [6.45, 7) is 3.41. The normalized spacial score (nSPS) is 20.2. The number of ether oxygens (including phenoxy) is 1. The summed E-state index contributed by atoms with van der Waals surface area (Å²) < 4.78 is 9.10. The fraction of sp³-hybridized carbons (Fsp3) is 0.417. The fourth-order valence-electron chi connectivity index (χ4n) is 2.09. The van der Waals surface area contributed by atoms with Gasteiger partial charge in [-0.3, -0.25) is 0 Å². The van der Waals surface area contributed by atoms with Gasteiger partial charge in [-0.15, -0.1) is 11.3 Å². The van der Waals surface area contributed by atoms with Crippen molar-refractivity contribution in [2.45, 2.75) is 12.6 Å².